The Morgan fingerprint density at radius 2 is 1.94 bits per heavy atom. The summed E-state index contributed by atoms with van der Waals surface area (Å²) >= 11 is 0. The smallest absolute Gasteiger partial charge is 0.165 e. The first-order valence-corrected chi connectivity index (χ1v) is 6.56. The van der Waals surface area contributed by atoms with Gasteiger partial charge in [-0.3, -0.25) is 0 Å². The monoisotopic (exact) mass is 249 g/mol. The SMILES string of the molecule is COc1cc2c(c(C3CCNCC3)c1)OCCO2. The van der Waals surface area contributed by atoms with E-state index >= 15 is 0 Å². The van der Waals surface area contributed by atoms with Gasteiger partial charge >= 0.3 is 0 Å². The zero-order valence-corrected chi connectivity index (χ0v) is 10.7. The van der Waals surface area contributed by atoms with Crippen molar-refractivity contribution in [2.45, 2.75) is 18.8 Å². The molecule has 0 saturated carbocycles. The van der Waals surface area contributed by atoms with E-state index < -0.39 is 0 Å². The van der Waals surface area contributed by atoms with Crippen LogP contribution in [0.4, 0.5) is 0 Å². The maximum Gasteiger partial charge on any atom is 0.165 e. The molecule has 98 valence electrons. The Hall–Kier alpha value is -1.42. The molecule has 0 bridgehead atoms. The summed E-state index contributed by atoms with van der Waals surface area (Å²) in [4.78, 5) is 0. The van der Waals surface area contributed by atoms with Crippen LogP contribution in [0.25, 0.3) is 0 Å². The van der Waals surface area contributed by atoms with Crippen LogP contribution in [0.15, 0.2) is 12.1 Å². The summed E-state index contributed by atoms with van der Waals surface area (Å²) in [6, 6.07) is 4.02. The van der Waals surface area contributed by atoms with E-state index in [0.717, 1.165) is 43.2 Å². The summed E-state index contributed by atoms with van der Waals surface area (Å²) in [7, 11) is 1.69. The maximum absolute atomic E-state index is 5.81. The van der Waals surface area contributed by atoms with E-state index in [-0.39, 0.29) is 0 Å². The molecule has 0 radical (unpaired) electrons. The summed E-state index contributed by atoms with van der Waals surface area (Å²) in [6.45, 7) is 3.39. The molecule has 0 atom stereocenters. The maximum atomic E-state index is 5.81. The molecule has 1 aromatic rings. The second-order valence-electron chi connectivity index (χ2n) is 4.77. The molecular formula is C14H19NO3. The van der Waals surface area contributed by atoms with Gasteiger partial charge in [-0.05, 0) is 37.9 Å². The van der Waals surface area contributed by atoms with Crippen molar-refractivity contribution in [1.82, 2.24) is 5.32 Å². The minimum absolute atomic E-state index is 0.539. The van der Waals surface area contributed by atoms with E-state index in [0.29, 0.717) is 19.1 Å². The van der Waals surface area contributed by atoms with Crippen molar-refractivity contribution in [2.75, 3.05) is 33.4 Å². The van der Waals surface area contributed by atoms with Gasteiger partial charge < -0.3 is 19.5 Å². The van der Waals surface area contributed by atoms with E-state index in [1.807, 2.05) is 6.07 Å². The van der Waals surface area contributed by atoms with Gasteiger partial charge in [0, 0.05) is 11.6 Å². The second-order valence-corrected chi connectivity index (χ2v) is 4.77. The zero-order valence-electron chi connectivity index (χ0n) is 10.7. The van der Waals surface area contributed by atoms with Crippen LogP contribution in [0.3, 0.4) is 0 Å². The fraction of sp³-hybridized carbons (Fsp3) is 0.571. The van der Waals surface area contributed by atoms with Gasteiger partial charge in [-0.2, -0.15) is 0 Å². The molecule has 18 heavy (non-hydrogen) atoms. The third-order valence-electron chi connectivity index (χ3n) is 3.66. The number of hydrogen-bond acceptors (Lipinski definition) is 4. The lowest BCUT2D eigenvalue weighted by Gasteiger charge is -2.28. The quantitative estimate of drug-likeness (QED) is 0.869. The van der Waals surface area contributed by atoms with Crippen LogP contribution in [0.5, 0.6) is 17.2 Å². The average Bonchev–Trinajstić information content (AvgIpc) is 2.47. The minimum atomic E-state index is 0.539. The first-order chi connectivity index (χ1) is 8.88. The van der Waals surface area contributed by atoms with E-state index in [9.17, 15) is 0 Å². The van der Waals surface area contributed by atoms with Gasteiger partial charge in [0.05, 0.1) is 7.11 Å². The number of piperidine rings is 1. The molecular weight excluding hydrogens is 230 g/mol. The standard InChI is InChI=1S/C14H19NO3/c1-16-11-8-12(10-2-4-15-5-3-10)14-13(9-11)17-6-7-18-14/h8-10,15H,2-7H2,1H3. The summed E-state index contributed by atoms with van der Waals surface area (Å²) in [5.74, 6) is 3.15. The molecule has 0 unspecified atom stereocenters. The zero-order chi connectivity index (χ0) is 12.4. The molecule has 0 aromatic heterocycles. The fourth-order valence-electron chi connectivity index (χ4n) is 2.71. The van der Waals surface area contributed by atoms with Gasteiger partial charge in [-0.15, -0.1) is 0 Å². The highest BCUT2D eigenvalue weighted by molar-refractivity contribution is 5.54. The molecule has 1 fully saturated rings. The first kappa shape index (κ1) is 11.7. The molecule has 0 amide bonds. The van der Waals surface area contributed by atoms with Gasteiger partial charge in [0.1, 0.15) is 19.0 Å². The van der Waals surface area contributed by atoms with Crippen molar-refractivity contribution in [2.24, 2.45) is 0 Å². The van der Waals surface area contributed by atoms with E-state index in [1.165, 1.54) is 5.56 Å². The Morgan fingerprint density at radius 1 is 1.17 bits per heavy atom. The van der Waals surface area contributed by atoms with Crippen molar-refractivity contribution in [3.63, 3.8) is 0 Å². The summed E-state index contributed by atoms with van der Waals surface area (Å²) in [6.07, 6.45) is 2.28. The van der Waals surface area contributed by atoms with Crippen molar-refractivity contribution in [3.05, 3.63) is 17.7 Å². The van der Waals surface area contributed by atoms with E-state index in [4.69, 9.17) is 14.2 Å². The average molecular weight is 249 g/mol. The number of hydrogen-bond donors (Lipinski definition) is 1. The first-order valence-electron chi connectivity index (χ1n) is 6.56. The third kappa shape index (κ3) is 2.12. The molecule has 0 aliphatic carbocycles. The molecule has 2 aliphatic rings. The highest BCUT2D eigenvalue weighted by atomic mass is 16.6. The summed E-state index contributed by atoms with van der Waals surface area (Å²) in [5.41, 5.74) is 1.24. The van der Waals surface area contributed by atoms with Gasteiger partial charge in [0.2, 0.25) is 0 Å². The van der Waals surface area contributed by atoms with Crippen LogP contribution in [0.1, 0.15) is 24.3 Å². The summed E-state index contributed by atoms with van der Waals surface area (Å²) in [5, 5.41) is 3.39. The van der Waals surface area contributed by atoms with Gasteiger partial charge in [0.25, 0.3) is 0 Å². The lowest BCUT2D eigenvalue weighted by Crippen LogP contribution is -2.27. The topological polar surface area (TPSA) is 39.7 Å². The van der Waals surface area contributed by atoms with Gasteiger partial charge in [-0.1, -0.05) is 0 Å². The molecule has 1 aromatic carbocycles. The van der Waals surface area contributed by atoms with E-state index in [1.54, 1.807) is 7.11 Å². The predicted octanol–water partition coefficient (Wildman–Crippen LogP) is 1.93. The van der Waals surface area contributed by atoms with Crippen molar-refractivity contribution >= 4 is 0 Å². The predicted molar refractivity (Wildman–Crippen MR) is 68.8 cm³/mol. The fourth-order valence-corrected chi connectivity index (χ4v) is 2.71. The van der Waals surface area contributed by atoms with Crippen LogP contribution >= 0.6 is 0 Å². The van der Waals surface area contributed by atoms with Crippen molar-refractivity contribution < 1.29 is 14.2 Å². The normalized spacial score (nSPS) is 19.6. The van der Waals surface area contributed by atoms with Crippen LogP contribution in [-0.2, 0) is 0 Å². The second kappa shape index (κ2) is 5.06. The number of benzene rings is 1. The lowest BCUT2D eigenvalue weighted by atomic mass is 9.89. The Balaban J connectivity index is 1.99. The molecule has 2 heterocycles. The number of rotatable bonds is 2. The van der Waals surface area contributed by atoms with Gasteiger partial charge in [0.15, 0.2) is 11.5 Å². The number of methoxy groups -OCH3 is 1. The molecule has 1 N–H and O–H groups in total. The third-order valence-corrected chi connectivity index (χ3v) is 3.66. The van der Waals surface area contributed by atoms with E-state index in [2.05, 4.69) is 11.4 Å². The van der Waals surface area contributed by atoms with Crippen LogP contribution in [-0.4, -0.2) is 33.4 Å². The Bertz CT molecular complexity index is 427. The van der Waals surface area contributed by atoms with Crippen LogP contribution in [0, 0.1) is 0 Å². The highest BCUT2D eigenvalue weighted by Crippen LogP contribution is 2.43. The van der Waals surface area contributed by atoms with Crippen LogP contribution < -0.4 is 19.5 Å². The Labute approximate surface area is 107 Å². The summed E-state index contributed by atoms with van der Waals surface area (Å²) < 4.78 is 16.8. The van der Waals surface area contributed by atoms with Gasteiger partial charge in [-0.25, -0.2) is 0 Å². The number of nitrogens with one attached hydrogen (secondary N) is 1. The molecule has 4 nitrogen and oxygen atoms in total. The Morgan fingerprint density at radius 3 is 2.72 bits per heavy atom. The molecule has 1 saturated heterocycles. The largest absolute Gasteiger partial charge is 0.497 e. The lowest BCUT2D eigenvalue weighted by molar-refractivity contribution is 0.167. The van der Waals surface area contributed by atoms with Crippen molar-refractivity contribution in [1.29, 1.82) is 0 Å². The number of fused-ring (bicyclic) bond motifs is 1. The highest BCUT2D eigenvalue weighted by Gasteiger charge is 2.25. The van der Waals surface area contributed by atoms with Crippen molar-refractivity contribution in [3.8, 4) is 17.2 Å². The van der Waals surface area contributed by atoms with Crippen LogP contribution in [0.2, 0.25) is 0 Å². The molecule has 4 heteroatoms. The Kier molecular flexibility index (Phi) is 3.28. The molecule has 2 aliphatic heterocycles. The molecule has 3 rings (SSSR count). The number of ether oxygens (including phenoxy) is 3. The molecule has 0 spiro atoms. The minimum Gasteiger partial charge on any atom is -0.497 e.